The van der Waals surface area contributed by atoms with Crippen molar-refractivity contribution in [3.05, 3.63) is 58.1 Å². The number of thioether (sulfide) groups is 1. The summed E-state index contributed by atoms with van der Waals surface area (Å²) in [5, 5.41) is 0.393. The molecule has 0 bridgehead atoms. The number of hydrogen-bond donors (Lipinski definition) is 0. The Morgan fingerprint density at radius 1 is 1.15 bits per heavy atom. The molecule has 2 aromatic carbocycles. The first-order valence-electron chi connectivity index (χ1n) is 5.76. The average Bonchev–Trinajstić information content (AvgIpc) is 2.86. The topological polar surface area (TPSA) is 26.0 Å². The summed E-state index contributed by atoms with van der Waals surface area (Å²) in [6.45, 7) is 0. The van der Waals surface area contributed by atoms with Gasteiger partial charge in [0.1, 0.15) is 17.2 Å². The number of fused-ring (bicyclic) bond motifs is 1. The van der Waals surface area contributed by atoms with Gasteiger partial charge in [-0.1, -0.05) is 23.9 Å². The van der Waals surface area contributed by atoms with Crippen LogP contribution in [0.5, 0.6) is 0 Å². The van der Waals surface area contributed by atoms with Crippen LogP contribution in [0.1, 0.15) is 5.56 Å². The smallest absolute Gasteiger partial charge is 0.257 e. The minimum absolute atomic E-state index is 0.00614. The molecule has 0 saturated heterocycles. The summed E-state index contributed by atoms with van der Waals surface area (Å²) in [4.78, 5) is 4.25. The van der Waals surface area contributed by atoms with Crippen LogP contribution in [0.3, 0.4) is 0 Å². The van der Waals surface area contributed by atoms with Crippen molar-refractivity contribution in [1.29, 1.82) is 0 Å². The monoisotopic (exact) mass is 355 g/mol. The summed E-state index contributed by atoms with van der Waals surface area (Å²) >= 11 is 4.20. The van der Waals surface area contributed by atoms with Gasteiger partial charge in [0.25, 0.3) is 5.22 Å². The second kappa shape index (κ2) is 5.54. The predicted octanol–water partition coefficient (Wildman–Crippen LogP) is 5.16. The van der Waals surface area contributed by atoms with Crippen molar-refractivity contribution in [3.63, 3.8) is 0 Å². The molecule has 0 unspecified atom stereocenters. The summed E-state index contributed by atoms with van der Waals surface area (Å²) in [7, 11) is 0. The number of halogens is 3. The summed E-state index contributed by atoms with van der Waals surface area (Å²) in [6.07, 6.45) is 0. The van der Waals surface area contributed by atoms with Crippen molar-refractivity contribution >= 4 is 38.8 Å². The molecule has 0 spiro atoms. The van der Waals surface area contributed by atoms with Gasteiger partial charge < -0.3 is 4.42 Å². The molecule has 3 rings (SSSR count). The number of benzene rings is 2. The fourth-order valence-electron chi connectivity index (χ4n) is 1.75. The molecule has 0 amide bonds. The maximum Gasteiger partial charge on any atom is 0.257 e. The normalized spacial score (nSPS) is 11.2. The van der Waals surface area contributed by atoms with Crippen molar-refractivity contribution in [2.45, 2.75) is 11.0 Å². The van der Waals surface area contributed by atoms with Crippen LogP contribution < -0.4 is 0 Å². The Hall–Kier alpha value is -1.40. The minimum Gasteiger partial charge on any atom is -0.431 e. The zero-order valence-electron chi connectivity index (χ0n) is 10.1. The molecule has 1 aromatic heterocycles. The molecule has 0 radical (unpaired) electrons. The SMILES string of the molecule is Fc1ccc(Br)c(F)c1CSc1nc2ccccc2o1. The van der Waals surface area contributed by atoms with E-state index < -0.39 is 11.6 Å². The number of oxazole rings is 1. The van der Waals surface area contributed by atoms with Gasteiger partial charge in [0.2, 0.25) is 0 Å². The molecule has 0 atom stereocenters. The van der Waals surface area contributed by atoms with Crippen LogP contribution >= 0.6 is 27.7 Å². The van der Waals surface area contributed by atoms with E-state index in [0.717, 1.165) is 17.3 Å². The molecule has 0 saturated carbocycles. The first-order chi connectivity index (χ1) is 9.65. The second-order valence-electron chi connectivity index (χ2n) is 4.06. The number of para-hydroxylation sites is 2. The van der Waals surface area contributed by atoms with Gasteiger partial charge >= 0.3 is 0 Å². The fourth-order valence-corrected chi connectivity index (χ4v) is 2.96. The van der Waals surface area contributed by atoms with Gasteiger partial charge in [-0.2, -0.15) is 0 Å². The van der Waals surface area contributed by atoms with Gasteiger partial charge in [0, 0.05) is 11.3 Å². The maximum atomic E-state index is 13.8. The maximum absolute atomic E-state index is 13.8. The molecule has 0 aliphatic heterocycles. The van der Waals surface area contributed by atoms with E-state index in [-0.39, 0.29) is 15.8 Å². The van der Waals surface area contributed by atoms with Gasteiger partial charge in [0.15, 0.2) is 5.58 Å². The number of nitrogens with zero attached hydrogens (tertiary/aromatic N) is 1. The Kier molecular flexibility index (Phi) is 3.76. The lowest BCUT2D eigenvalue weighted by Gasteiger charge is -2.04. The summed E-state index contributed by atoms with van der Waals surface area (Å²) in [5.74, 6) is -1.05. The van der Waals surface area contributed by atoms with E-state index in [1.807, 2.05) is 18.2 Å². The zero-order chi connectivity index (χ0) is 14.1. The van der Waals surface area contributed by atoms with E-state index >= 15 is 0 Å². The zero-order valence-corrected chi connectivity index (χ0v) is 12.5. The Balaban J connectivity index is 1.84. The van der Waals surface area contributed by atoms with Gasteiger partial charge in [-0.15, -0.1) is 0 Å². The van der Waals surface area contributed by atoms with Crippen LogP contribution in [0.2, 0.25) is 0 Å². The van der Waals surface area contributed by atoms with Crippen molar-refractivity contribution in [2.24, 2.45) is 0 Å². The van der Waals surface area contributed by atoms with Crippen molar-refractivity contribution < 1.29 is 13.2 Å². The Bertz CT molecular complexity index is 742. The highest BCUT2D eigenvalue weighted by molar-refractivity contribution is 9.10. The molecule has 0 aliphatic carbocycles. The lowest BCUT2D eigenvalue weighted by atomic mass is 10.2. The van der Waals surface area contributed by atoms with Crippen LogP contribution in [0.25, 0.3) is 11.1 Å². The van der Waals surface area contributed by atoms with E-state index in [0.29, 0.717) is 10.8 Å². The molecular formula is C14H8BrF2NOS. The molecule has 2 nitrogen and oxygen atoms in total. The van der Waals surface area contributed by atoms with E-state index in [4.69, 9.17) is 4.42 Å². The lowest BCUT2D eigenvalue weighted by molar-refractivity contribution is 0.489. The van der Waals surface area contributed by atoms with E-state index in [2.05, 4.69) is 20.9 Å². The van der Waals surface area contributed by atoms with Gasteiger partial charge in [-0.05, 0) is 40.2 Å². The first kappa shape index (κ1) is 13.6. The third kappa shape index (κ3) is 2.58. The van der Waals surface area contributed by atoms with Crippen LogP contribution in [-0.2, 0) is 5.75 Å². The van der Waals surface area contributed by atoms with Crippen LogP contribution in [0.4, 0.5) is 8.78 Å². The highest BCUT2D eigenvalue weighted by Crippen LogP contribution is 2.30. The molecular weight excluding hydrogens is 348 g/mol. The van der Waals surface area contributed by atoms with Crippen LogP contribution in [0.15, 0.2) is 50.5 Å². The number of hydrogen-bond acceptors (Lipinski definition) is 3. The molecule has 1 heterocycles. The lowest BCUT2D eigenvalue weighted by Crippen LogP contribution is -1.94. The fraction of sp³-hybridized carbons (Fsp3) is 0.0714. The van der Waals surface area contributed by atoms with Crippen LogP contribution in [-0.4, -0.2) is 4.98 Å². The Morgan fingerprint density at radius 3 is 2.75 bits per heavy atom. The van der Waals surface area contributed by atoms with Gasteiger partial charge in [-0.25, -0.2) is 13.8 Å². The minimum atomic E-state index is -0.589. The Labute approximate surface area is 126 Å². The molecule has 0 fully saturated rings. The summed E-state index contributed by atoms with van der Waals surface area (Å²) < 4.78 is 33.2. The van der Waals surface area contributed by atoms with E-state index in [1.165, 1.54) is 12.1 Å². The largest absolute Gasteiger partial charge is 0.431 e. The van der Waals surface area contributed by atoms with Gasteiger partial charge in [-0.3, -0.25) is 0 Å². The highest BCUT2D eigenvalue weighted by Gasteiger charge is 2.14. The standard InChI is InChI=1S/C14H8BrF2NOS/c15-9-5-6-10(16)8(13(9)17)7-20-14-18-11-3-1-2-4-12(11)19-14/h1-6H,7H2. The molecule has 0 aliphatic rings. The van der Waals surface area contributed by atoms with E-state index in [9.17, 15) is 8.78 Å². The van der Waals surface area contributed by atoms with Crippen molar-refractivity contribution in [3.8, 4) is 0 Å². The number of rotatable bonds is 3. The predicted molar refractivity (Wildman–Crippen MR) is 77.6 cm³/mol. The summed E-state index contributed by atoms with van der Waals surface area (Å²) in [5.41, 5.74) is 1.39. The third-order valence-corrected chi connectivity index (χ3v) is 4.22. The molecule has 102 valence electrons. The van der Waals surface area contributed by atoms with Crippen molar-refractivity contribution in [2.75, 3.05) is 0 Å². The second-order valence-corrected chi connectivity index (χ2v) is 5.84. The molecule has 6 heteroatoms. The molecule has 3 aromatic rings. The third-order valence-electron chi connectivity index (χ3n) is 2.75. The van der Waals surface area contributed by atoms with E-state index in [1.54, 1.807) is 6.07 Å². The Morgan fingerprint density at radius 2 is 1.95 bits per heavy atom. The average molecular weight is 356 g/mol. The molecule has 20 heavy (non-hydrogen) atoms. The van der Waals surface area contributed by atoms with Gasteiger partial charge in [0.05, 0.1) is 4.47 Å². The summed E-state index contributed by atoms with van der Waals surface area (Å²) in [6, 6.07) is 9.89. The molecule has 0 N–H and O–H groups in total. The highest BCUT2D eigenvalue weighted by atomic mass is 79.9. The quantitative estimate of drug-likeness (QED) is 0.479. The first-order valence-corrected chi connectivity index (χ1v) is 7.54. The van der Waals surface area contributed by atoms with Crippen LogP contribution in [0, 0.1) is 11.6 Å². The van der Waals surface area contributed by atoms with Crippen molar-refractivity contribution in [1.82, 2.24) is 4.98 Å². The number of aromatic nitrogens is 1.